The summed E-state index contributed by atoms with van der Waals surface area (Å²) in [5.74, 6) is 0.945. The van der Waals surface area contributed by atoms with Crippen LogP contribution in [0.25, 0.3) is 10.9 Å². The number of fused-ring (bicyclic) bond motifs is 1. The van der Waals surface area contributed by atoms with E-state index in [1.165, 1.54) is 5.39 Å². The Hall–Kier alpha value is -1.61. The first-order valence-corrected chi connectivity index (χ1v) is 6.03. The summed E-state index contributed by atoms with van der Waals surface area (Å²) >= 11 is 0. The van der Waals surface area contributed by atoms with E-state index in [0.717, 1.165) is 29.7 Å². The molecule has 88 valence electrons. The minimum atomic E-state index is -0.131. The van der Waals surface area contributed by atoms with Crippen molar-refractivity contribution >= 4 is 16.7 Å². The first-order valence-electron chi connectivity index (χ1n) is 6.03. The fourth-order valence-corrected chi connectivity index (χ4v) is 2.27. The predicted molar refractivity (Wildman–Crippen MR) is 69.1 cm³/mol. The molecule has 1 aliphatic carbocycles. The molecule has 0 amide bonds. The van der Waals surface area contributed by atoms with Crippen molar-refractivity contribution in [2.24, 2.45) is 0 Å². The minimum absolute atomic E-state index is 0.131. The van der Waals surface area contributed by atoms with E-state index in [9.17, 15) is 5.11 Å². The molecule has 1 aliphatic rings. The maximum absolute atomic E-state index is 9.28. The Morgan fingerprint density at radius 1 is 1.29 bits per heavy atom. The van der Waals surface area contributed by atoms with Gasteiger partial charge < -0.3 is 10.4 Å². The smallest absolute Gasteiger partial charge is 0.129 e. The number of para-hydroxylation sites is 1. The monoisotopic (exact) mass is 228 g/mol. The normalized spacial score (nSPS) is 23.4. The number of benzene rings is 1. The molecule has 2 N–H and O–H groups in total. The number of rotatable bonds is 2. The molecule has 1 aromatic carbocycles. The van der Waals surface area contributed by atoms with Gasteiger partial charge in [-0.05, 0) is 37.5 Å². The summed E-state index contributed by atoms with van der Waals surface area (Å²) in [4.78, 5) is 4.63. The largest absolute Gasteiger partial charge is 0.393 e. The molecule has 0 aliphatic heterocycles. The number of aryl methyl sites for hydroxylation is 1. The molecule has 3 heteroatoms. The van der Waals surface area contributed by atoms with Crippen LogP contribution >= 0.6 is 0 Å². The van der Waals surface area contributed by atoms with Gasteiger partial charge in [0, 0.05) is 11.4 Å². The summed E-state index contributed by atoms with van der Waals surface area (Å²) in [6.07, 6.45) is 1.52. The lowest BCUT2D eigenvalue weighted by atomic mass is 9.89. The van der Waals surface area contributed by atoms with Crippen molar-refractivity contribution in [3.63, 3.8) is 0 Å². The van der Waals surface area contributed by atoms with Gasteiger partial charge in [0.1, 0.15) is 5.82 Å². The van der Waals surface area contributed by atoms with Crippen LogP contribution in [0.15, 0.2) is 30.3 Å². The third-order valence-electron chi connectivity index (χ3n) is 3.37. The van der Waals surface area contributed by atoms with Gasteiger partial charge in [-0.25, -0.2) is 4.98 Å². The van der Waals surface area contributed by atoms with Gasteiger partial charge in [-0.3, -0.25) is 0 Å². The van der Waals surface area contributed by atoms with Crippen molar-refractivity contribution < 1.29 is 5.11 Å². The highest BCUT2D eigenvalue weighted by Gasteiger charge is 2.27. The summed E-state index contributed by atoms with van der Waals surface area (Å²) < 4.78 is 0. The highest BCUT2D eigenvalue weighted by atomic mass is 16.3. The summed E-state index contributed by atoms with van der Waals surface area (Å²) in [5, 5.41) is 13.8. The predicted octanol–water partition coefficient (Wildman–Crippen LogP) is 2.48. The molecular formula is C14H16N2O. The molecule has 1 fully saturated rings. The number of nitrogens with zero attached hydrogens (tertiary/aromatic N) is 1. The van der Waals surface area contributed by atoms with Gasteiger partial charge in [-0.15, -0.1) is 0 Å². The molecule has 17 heavy (non-hydrogen) atoms. The van der Waals surface area contributed by atoms with Crippen LogP contribution < -0.4 is 5.32 Å². The number of aliphatic hydroxyl groups is 1. The zero-order valence-corrected chi connectivity index (χ0v) is 9.85. The molecule has 0 bridgehead atoms. The Kier molecular flexibility index (Phi) is 2.48. The second kappa shape index (κ2) is 4.00. The Balaban J connectivity index is 1.90. The van der Waals surface area contributed by atoms with Crippen LogP contribution in [0.1, 0.15) is 18.4 Å². The molecule has 1 heterocycles. The van der Waals surface area contributed by atoms with Gasteiger partial charge in [0.25, 0.3) is 0 Å². The van der Waals surface area contributed by atoms with Crippen molar-refractivity contribution in [3.8, 4) is 0 Å². The van der Waals surface area contributed by atoms with Crippen molar-refractivity contribution in [2.75, 3.05) is 5.32 Å². The number of aromatic nitrogens is 1. The van der Waals surface area contributed by atoms with E-state index in [0.29, 0.717) is 6.04 Å². The molecule has 0 atom stereocenters. The molecule has 1 saturated carbocycles. The van der Waals surface area contributed by atoms with Crippen molar-refractivity contribution in [2.45, 2.75) is 31.9 Å². The molecule has 0 radical (unpaired) electrons. The quantitative estimate of drug-likeness (QED) is 0.830. The van der Waals surface area contributed by atoms with Gasteiger partial charge in [-0.1, -0.05) is 18.2 Å². The van der Waals surface area contributed by atoms with Crippen LogP contribution in [0, 0.1) is 6.92 Å². The molecule has 0 unspecified atom stereocenters. The fourth-order valence-electron chi connectivity index (χ4n) is 2.27. The van der Waals surface area contributed by atoms with Crippen LogP contribution in [0.4, 0.5) is 5.82 Å². The number of hydrogen-bond donors (Lipinski definition) is 2. The van der Waals surface area contributed by atoms with Crippen LogP contribution in [-0.4, -0.2) is 22.2 Å². The van der Waals surface area contributed by atoms with Crippen LogP contribution in [-0.2, 0) is 0 Å². The number of nitrogens with one attached hydrogen (secondary N) is 1. The maximum Gasteiger partial charge on any atom is 0.129 e. The van der Waals surface area contributed by atoms with E-state index >= 15 is 0 Å². The molecular weight excluding hydrogens is 212 g/mol. The van der Waals surface area contributed by atoms with E-state index < -0.39 is 0 Å². The van der Waals surface area contributed by atoms with Gasteiger partial charge in [0.15, 0.2) is 0 Å². The van der Waals surface area contributed by atoms with Gasteiger partial charge in [-0.2, -0.15) is 0 Å². The van der Waals surface area contributed by atoms with Crippen molar-refractivity contribution in [1.82, 2.24) is 4.98 Å². The number of hydrogen-bond acceptors (Lipinski definition) is 3. The van der Waals surface area contributed by atoms with Gasteiger partial charge in [0.05, 0.1) is 11.6 Å². The molecule has 2 aromatic rings. The van der Waals surface area contributed by atoms with Gasteiger partial charge in [0.2, 0.25) is 0 Å². The average molecular weight is 228 g/mol. The van der Waals surface area contributed by atoms with E-state index in [4.69, 9.17) is 0 Å². The Bertz CT molecular complexity index is 547. The number of anilines is 1. The lowest BCUT2D eigenvalue weighted by molar-refractivity contribution is 0.0835. The Morgan fingerprint density at radius 3 is 2.82 bits per heavy atom. The number of pyridine rings is 1. The third kappa shape index (κ3) is 1.98. The van der Waals surface area contributed by atoms with E-state index in [2.05, 4.69) is 29.4 Å². The van der Waals surface area contributed by atoms with Gasteiger partial charge >= 0.3 is 0 Å². The highest BCUT2D eigenvalue weighted by molar-refractivity contribution is 5.81. The second-order valence-corrected chi connectivity index (χ2v) is 4.81. The molecule has 0 saturated heterocycles. The molecule has 3 nitrogen and oxygen atoms in total. The lowest BCUT2D eigenvalue weighted by Gasteiger charge is -2.32. The zero-order chi connectivity index (χ0) is 11.8. The van der Waals surface area contributed by atoms with Crippen LogP contribution in [0.5, 0.6) is 0 Å². The minimum Gasteiger partial charge on any atom is -0.393 e. The Morgan fingerprint density at radius 2 is 2.06 bits per heavy atom. The van der Waals surface area contributed by atoms with E-state index in [1.54, 1.807) is 0 Å². The first-order chi connectivity index (χ1) is 8.22. The van der Waals surface area contributed by atoms with E-state index in [1.807, 2.05) is 18.2 Å². The topological polar surface area (TPSA) is 45.2 Å². The Labute approximate surface area is 100 Å². The highest BCUT2D eigenvalue weighted by Crippen LogP contribution is 2.26. The SMILES string of the molecule is Cc1cc2ccccc2nc1NC1CC(O)C1. The summed E-state index contributed by atoms with van der Waals surface area (Å²) in [6.45, 7) is 2.07. The zero-order valence-electron chi connectivity index (χ0n) is 9.85. The fraction of sp³-hybridized carbons (Fsp3) is 0.357. The van der Waals surface area contributed by atoms with E-state index in [-0.39, 0.29) is 6.10 Å². The van der Waals surface area contributed by atoms with Crippen LogP contribution in [0.2, 0.25) is 0 Å². The molecule has 0 spiro atoms. The third-order valence-corrected chi connectivity index (χ3v) is 3.37. The summed E-state index contributed by atoms with van der Waals surface area (Å²) in [7, 11) is 0. The summed E-state index contributed by atoms with van der Waals surface area (Å²) in [5.41, 5.74) is 2.17. The summed E-state index contributed by atoms with van der Waals surface area (Å²) in [6, 6.07) is 10.7. The van der Waals surface area contributed by atoms with Crippen molar-refractivity contribution in [3.05, 3.63) is 35.9 Å². The van der Waals surface area contributed by atoms with Crippen molar-refractivity contribution in [1.29, 1.82) is 0 Å². The standard InChI is InChI=1S/C14H16N2O/c1-9-6-10-4-2-3-5-13(10)16-14(9)15-11-7-12(17)8-11/h2-6,11-12,17H,7-8H2,1H3,(H,15,16). The number of aliphatic hydroxyl groups excluding tert-OH is 1. The molecule has 3 rings (SSSR count). The first kappa shape index (κ1) is 10.5. The maximum atomic E-state index is 9.28. The van der Waals surface area contributed by atoms with Crippen LogP contribution in [0.3, 0.4) is 0 Å². The molecule has 1 aromatic heterocycles. The lowest BCUT2D eigenvalue weighted by Crippen LogP contribution is -2.39. The second-order valence-electron chi connectivity index (χ2n) is 4.81. The average Bonchev–Trinajstić information content (AvgIpc) is 2.28.